The fraction of sp³-hybridized carbons (Fsp3) is 0.692. The molecule has 0 bridgehead atoms. The first kappa shape index (κ1) is 13.1. The van der Waals surface area contributed by atoms with Gasteiger partial charge in [-0.1, -0.05) is 6.42 Å². The molecule has 0 radical (unpaired) electrons. The van der Waals surface area contributed by atoms with Gasteiger partial charge in [0.2, 0.25) is 5.88 Å². The van der Waals surface area contributed by atoms with Crippen LogP contribution in [0, 0.1) is 6.92 Å². The highest BCUT2D eigenvalue weighted by Gasteiger charge is 2.14. The molecule has 0 saturated carbocycles. The summed E-state index contributed by atoms with van der Waals surface area (Å²) >= 11 is 0. The van der Waals surface area contributed by atoms with Crippen LogP contribution in [0.3, 0.4) is 0 Å². The maximum atomic E-state index is 5.65. The molecule has 18 heavy (non-hydrogen) atoms. The normalized spacial score (nSPS) is 19.6. The summed E-state index contributed by atoms with van der Waals surface area (Å²) in [5.41, 5.74) is 0.861. The van der Waals surface area contributed by atoms with E-state index in [-0.39, 0.29) is 0 Å². The van der Waals surface area contributed by atoms with Crippen LogP contribution in [0.15, 0.2) is 6.07 Å². The first-order valence-corrected chi connectivity index (χ1v) is 6.62. The van der Waals surface area contributed by atoms with Crippen molar-refractivity contribution in [1.82, 2.24) is 15.3 Å². The zero-order chi connectivity index (χ0) is 12.8. The molecule has 1 N–H and O–H groups in total. The number of aryl methyl sites for hydroxylation is 1. The molecule has 0 aliphatic carbocycles. The standard InChI is InChI=1S/C13H21N3O2/c1-3-17-12-8-10(2)15-13(16-12)18-9-11-6-4-5-7-14-11/h8,11,14H,3-7,9H2,1-2H3. The van der Waals surface area contributed by atoms with Gasteiger partial charge < -0.3 is 14.8 Å². The molecular weight excluding hydrogens is 230 g/mol. The lowest BCUT2D eigenvalue weighted by atomic mass is 10.1. The van der Waals surface area contributed by atoms with Gasteiger partial charge in [0.25, 0.3) is 0 Å². The second-order valence-electron chi connectivity index (χ2n) is 4.52. The number of hydrogen-bond donors (Lipinski definition) is 1. The van der Waals surface area contributed by atoms with Crippen molar-refractivity contribution in [1.29, 1.82) is 0 Å². The number of piperidine rings is 1. The number of aromatic nitrogens is 2. The van der Waals surface area contributed by atoms with E-state index in [2.05, 4.69) is 15.3 Å². The Hall–Kier alpha value is -1.36. The van der Waals surface area contributed by atoms with Crippen LogP contribution in [0.5, 0.6) is 11.9 Å². The Kier molecular flexibility index (Phi) is 4.75. The fourth-order valence-corrected chi connectivity index (χ4v) is 2.04. The highest BCUT2D eigenvalue weighted by molar-refractivity contribution is 5.17. The number of nitrogens with one attached hydrogen (secondary N) is 1. The van der Waals surface area contributed by atoms with Crippen LogP contribution in [0.2, 0.25) is 0 Å². The van der Waals surface area contributed by atoms with Crippen molar-refractivity contribution in [3.63, 3.8) is 0 Å². The minimum Gasteiger partial charge on any atom is -0.478 e. The van der Waals surface area contributed by atoms with Gasteiger partial charge in [-0.05, 0) is 33.2 Å². The number of ether oxygens (including phenoxy) is 2. The van der Waals surface area contributed by atoms with E-state index in [1.54, 1.807) is 0 Å². The first-order chi connectivity index (χ1) is 8.78. The van der Waals surface area contributed by atoms with Crippen molar-refractivity contribution in [2.24, 2.45) is 0 Å². The van der Waals surface area contributed by atoms with E-state index in [0.717, 1.165) is 18.7 Å². The topological polar surface area (TPSA) is 56.3 Å². The van der Waals surface area contributed by atoms with Crippen LogP contribution in [-0.2, 0) is 0 Å². The molecule has 5 nitrogen and oxygen atoms in total. The summed E-state index contributed by atoms with van der Waals surface area (Å²) in [4.78, 5) is 8.48. The van der Waals surface area contributed by atoms with Gasteiger partial charge in [-0.25, -0.2) is 4.98 Å². The maximum absolute atomic E-state index is 5.65. The van der Waals surface area contributed by atoms with E-state index in [4.69, 9.17) is 9.47 Å². The molecule has 1 saturated heterocycles. The second-order valence-corrected chi connectivity index (χ2v) is 4.52. The molecule has 0 aromatic carbocycles. The molecule has 0 amide bonds. The largest absolute Gasteiger partial charge is 0.478 e. The van der Waals surface area contributed by atoms with Crippen LogP contribution in [0.25, 0.3) is 0 Å². The van der Waals surface area contributed by atoms with Gasteiger partial charge in [-0.3, -0.25) is 0 Å². The Morgan fingerprint density at radius 2 is 2.22 bits per heavy atom. The highest BCUT2D eigenvalue weighted by Crippen LogP contribution is 2.14. The Bertz CT molecular complexity index is 378. The van der Waals surface area contributed by atoms with Gasteiger partial charge in [0.05, 0.1) is 6.61 Å². The van der Waals surface area contributed by atoms with Gasteiger partial charge in [0.1, 0.15) is 6.61 Å². The Morgan fingerprint density at radius 3 is 2.94 bits per heavy atom. The van der Waals surface area contributed by atoms with Crippen LogP contribution in [0.4, 0.5) is 0 Å². The van der Waals surface area contributed by atoms with Crippen molar-refractivity contribution in [3.05, 3.63) is 11.8 Å². The van der Waals surface area contributed by atoms with Gasteiger partial charge >= 0.3 is 6.01 Å². The lowest BCUT2D eigenvalue weighted by Gasteiger charge is -2.22. The summed E-state index contributed by atoms with van der Waals surface area (Å²) in [6.07, 6.45) is 3.68. The zero-order valence-corrected chi connectivity index (χ0v) is 11.1. The highest BCUT2D eigenvalue weighted by atomic mass is 16.5. The maximum Gasteiger partial charge on any atom is 0.319 e. The molecule has 2 heterocycles. The Morgan fingerprint density at radius 1 is 1.33 bits per heavy atom. The van der Waals surface area contributed by atoms with Crippen molar-refractivity contribution in [2.45, 2.75) is 39.2 Å². The van der Waals surface area contributed by atoms with E-state index in [1.807, 2.05) is 19.9 Å². The summed E-state index contributed by atoms with van der Waals surface area (Å²) in [7, 11) is 0. The molecule has 1 aliphatic heterocycles. The van der Waals surface area contributed by atoms with Crippen molar-refractivity contribution in [2.75, 3.05) is 19.8 Å². The van der Waals surface area contributed by atoms with Crippen LogP contribution in [0.1, 0.15) is 31.9 Å². The van der Waals surface area contributed by atoms with E-state index >= 15 is 0 Å². The average molecular weight is 251 g/mol. The van der Waals surface area contributed by atoms with Crippen molar-refractivity contribution >= 4 is 0 Å². The number of hydrogen-bond acceptors (Lipinski definition) is 5. The number of nitrogens with zero attached hydrogens (tertiary/aromatic N) is 2. The fourth-order valence-electron chi connectivity index (χ4n) is 2.04. The summed E-state index contributed by atoms with van der Waals surface area (Å²) < 4.78 is 11.0. The smallest absolute Gasteiger partial charge is 0.319 e. The zero-order valence-electron chi connectivity index (χ0n) is 11.1. The predicted octanol–water partition coefficient (Wildman–Crippen LogP) is 1.70. The van der Waals surface area contributed by atoms with E-state index in [0.29, 0.717) is 31.1 Å². The third kappa shape index (κ3) is 3.84. The molecule has 5 heteroatoms. The minimum atomic E-state index is 0.408. The van der Waals surface area contributed by atoms with Gasteiger partial charge in [0, 0.05) is 17.8 Å². The molecule has 0 spiro atoms. The predicted molar refractivity (Wildman–Crippen MR) is 69.1 cm³/mol. The van der Waals surface area contributed by atoms with Crippen LogP contribution in [-0.4, -0.2) is 35.8 Å². The summed E-state index contributed by atoms with van der Waals surface area (Å²) in [5, 5.41) is 3.43. The van der Waals surface area contributed by atoms with E-state index in [9.17, 15) is 0 Å². The second kappa shape index (κ2) is 6.54. The first-order valence-electron chi connectivity index (χ1n) is 6.62. The molecule has 1 aromatic heterocycles. The molecule has 1 atom stereocenters. The SMILES string of the molecule is CCOc1cc(C)nc(OCC2CCCCN2)n1. The molecule has 1 aliphatic rings. The Labute approximate surface area is 108 Å². The lowest BCUT2D eigenvalue weighted by molar-refractivity contribution is 0.219. The molecule has 1 unspecified atom stereocenters. The van der Waals surface area contributed by atoms with Gasteiger partial charge in [-0.15, -0.1) is 0 Å². The van der Waals surface area contributed by atoms with E-state index < -0.39 is 0 Å². The van der Waals surface area contributed by atoms with Crippen molar-refractivity contribution < 1.29 is 9.47 Å². The van der Waals surface area contributed by atoms with Crippen LogP contribution >= 0.6 is 0 Å². The average Bonchev–Trinajstić information content (AvgIpc) is 2.37. The third-order valence-corrected chi connectivity index (χ3v) is 2.93. The summed E-state index contributed by atoms with van der Waals surface area (Å²) in [5.74, 6) is 0.580. The Balaban J connectivity index is 1.91. The monoisotopic (exact) mass is 251 g/mol. The molecule has 100 valence electrons. The number of rotatable bonds is 5. The van der Waals surface area contributed by atoms with E-state index in [1.165, 1.54) is 12.8 Å². The molecular formula is C13H21N3O2. The molecule has 1 aromatic rings. The summed E-state index contributed by atoms with van der Waals surface area (Å²) in [6, 6.07) is 2.64. The molecule has 1 fully saturated rings. The van der Waals surface area contributed by atoms with Crippen molar-refractivity contribution in [3.8, 4) is 11.9 Å². The van der Waals surface area contributed by atoms with Gasteiger partial charge in [0.15, 0.2) is 0 Å². The minimum absolute atomic E-state index is 0.408. The third-order valence-electron chi connectivity index (χ3n) is 2.93. The molecule has 2 rings (SSSR count). The lowest BCUT2D eigenvalue weighted by Crippen LogP contribution is -2.38. The van der Waals surface area contributed by atoms with Crippen LogP contribution < -0.4 is 14.8 Å². The quantitative estimate of drug-likeness (QED) is 0.863. The van der Waals surface area contributed by atoms with Gasteiger partial charge in [-0.2, -0.15) is 4.98 Å². The summed E-state index contributed by atoms with van der Waals surface area (Å²) in [6.45, 7) is 6.14.